The molecule has 10 heteroatoms. The van der Waals surface area contributed by atoms with Crippen LogP contribution in [-0.2, 0) is 14.8 Å². The SMILES string of the molecule is C[C@H]1[C@@H](NS(=O)(=O)c2ccccc2[N+](=O)[O-])CCN1C(=O)OC(C)(C)C. The summed E-state index contributed by atoms with van der Waals surface area (Å²) >= 11 is 0. The summed E-state index contributed by atoms with van der Waals surface area (Å²) in [6.45, 7) is 7.30. The van der Waals surface area contributed by atoms with Crippen LogP contribution in [0.2, 0.25) is 0 Å². The fourth-order valence-corrected chi connectivity index (χ4v) is 4.29. The van der Waals surface area contributed by atoms with Crippen molar-refractivity contribution in [2.75, 3.05) is 6.54 Å². The summed E-state index contributed by atoms with van der Waals surface area (Å²) in [5.74, 6) is 0. The van der Waals surface area contributed by atoms with E-state index < -0.39 is 49.3 Å². The normalized spacial score (nSPS) is 20.8. The van der Waals surface area contributed by atoms with E-state index in [2.05, 4.69) is 4.72 Å². The van der Waals surface area contributed by atoms with E-state index in [1.54, 1.807) is 27.7 Å². The third kappa shape index (κ3) is 4.50. The smallest absolute Gasteiger partial charge is 0.410 e. The molecule has 1 aliphatic heterocycles. The fraction of sp³-hybridized carbons (Fsp3) is 0.562. The van der Waals surface area contributed by atoms with Crippen LogP contribution in [0.15, 0.2) is 29.2 Å². The minimum atomic E-state index is -4.11. The van der Waals surface area contributed by atoms with E-state index in [4.69, 9.17) is 4.74 Å². The van der Waals surface area contributed by atoms with Gasteiger partial charge in [0.25, 0.3) is 5.69 Å². The number of nitro benzene ring substituents is 1. The zero-order valence-electron chi connectivity index (χ0n) is 15.1. The van der Waals surface area contributed by atoms with Crippen molar-refractivity contribution in [3.8, 4) is 0 Å². The molecule has 0 aliphatic carbocycles. The number of carbonyl (C=O) groups excluding carboxylic acids is 1. The molecule has 0 saturated carbocycles. The van der Waals surface area contributed by atoms with Crippen LogP contribution in [-0.4, -0.2) is 48.6 Å². The Hall–Kier alpha value is -2.20. The Bertz CT molecular complexity index is 802. The van der Waals surface area contributed by atoms with Crippen LogP contribution < -0.4 is 4.72 Å². The van der Waals surface area contributed by atoms with Crippen LogP contribution in [0.4, 0.5) is 10.5 Å². The van der Waals surface area contributed by atoms with Crippen molar-refractivity contribution < 1.29 is 22.9 Å². The molecule has 1 amide bonds. The summed E-state index contributed by atoms with van der Waals surface area (Å²) in [6.07, 6.45) is -0.127. The van der Waals surface area contributed by atoms with Crippen molar-refractivity contribution >= 4 is 21.8 Å². The van der Waals surface area contributed by atoms with Crippen LogP contribution >= 0.6 is 0 Å². The quantitative estimate of drug-likeness (QED) is 0.627. The van der Waals surface area contributed by atoms with Crippen LogP contribution in [0.3, 0.4) is 0 Å². The Kier molecular flexibility index (Phi) is 5.57. The largest absolute Gasteiger partial charge is 0.444 e. The number of ether oxygens (including phenoxy) is 1. The molecule has 0 spiro atoms. The van der Waals surface area contributed by atoms with E-state index in [9.17, 15) is 23.3 Å². The average molecular weight is 385 g/mol. The van der Waals surface area contributed by atoms with Crippen LogP contribution in [0.25, 0.3) is 0 Å². The molecule has 2 rings (SSSR count). The summed E-state index contributed by atoms with van der Waals surface area (Å²) in [4.78, 5) is 23.6. The maximum absolute atomic E-state index is 12.6. The molecule has 1 saturated heterocycles. The highest BCUT2D eigenvalue weighted by Crippen LogP contribution is 2.26. The molecular formula is C16H23N3O6S. The molecule has 1 fully saturated rings. The van der Waals surface area contributed by atoms with Gasteiger partial charge in [-0.25, -0.2) is 17.9 Å². The van der Waals surface area contributed by atoms with Gasteiger partial charge in [0.05, 0.1) is 4.92 Å². The number of nitro groups is 1. The van der Waals surface area contributed by atoms with Crippen molar-refractivity contribution in [3.63, 3.8) is 0 Å². The van der Waals surface area contributed by atoms with E-state index in [-0.39, 0.29) is 0 Å². The van der Waals surface area contributed by atoms with Crippen molar-refractivity contribution in [2.24, 2.45) is 0 Å². The molecule has 0 radical (unpaired) electrons. The van der Waals surface area contributed by atoms with Crippen molar-refractivity contribution in [1.29, 1.82) is 0 Å². The molecule has 1 aliphatic rings. The molecule has 0 aromatic heterocycles. The molecule has 26 heavy (non-hydrogen) atoms. The fourth-order valence-electron chi connectivity index (χ4n) is 2.77. The van der Waals surface area contributed by atoms with Gasteiger partial charge >= 0.3 is 6.09 Å². The third-order valence-electron chi connectivity index (χ3n) is 4.04. The number of amides is 1. The Morgan fingerprint density at radius 1 is 1.35 bits per heavy atom. The van der Waals surface area contributed by atoms with E-state index in [1.165, 1.54) is 23.1 Å². The third-order valence-corrected chi connectivity index (χ3v) is 5.58. The van der Waals surface area contributed by atoms with E-state index in [0.717, 1.165) is 6.07 Å². The zero-order valence-corrected chi connectivity index (χ0v) is 15.9. The maximum Gasteiger partial charge on any atom is 0.410 e. The summed E-state index contributed by atoms with van der Waals surface area (Å²) < 4.78 is 33.0. The second-order valence-electron chi connectivity index (χ2n) is 7.16. The lowest BCUT2D eigenvalue weighted by Gasteiger charge is -2.28. The molecule has 1 N–H and O–H groups in total. The molecule has 1 heterocycles. The average Bonchev–Trinajstić information content (AvgIpc) is 2.86. The van der Waals surface area contributed by atoms with Crippen molar-refractivity contribution in [3.05, 3.63) is 34.4 Å². The summed E-state index contributed by atoms with van der Waals surface area (Å²) in [5, 5.41) is 11.1. The molecule has 0 unspecified atom stereocenters. The predicted octanol–water partition coefficient (Wildman–Crippen LogP) is 2.27. The van der Waals surface area contributed by atoms with Gasteiger partial charge in [-0.3, -0.25) is 10.1 Å². The first-order valence-electron chi connectivity index (χ1n) is 8.18. The number of nitrogens with zero attached hydrogens (tertiary/aromatic N) is 2. The Labute approximate surface area is 152 Å². The maximum atomic E-state index is 12.6. The van der Waals surface area contributed by atoms with Gasteiger partial charge in [0, 0.05) is 24.7 Å². The lowest BCUT2D eigenvalue weighted by molar-refractivity contribution is -0.387. The number of likely N-dealkylation sites (tertiary alicyclic amines) is 1. The highest BCUT2D eigenvalue weighted by Gasteiger charge is 2.39. The summed E-state index contributed by atoms with van der Waals surface area (Å²) in [5.41, 5.74) is -1.14. The molecule has 1 aromatic rings. The summed E-state index contributed by atoms with van der Waals surface area (Å²) in [7, 11) is -4.11. The highest BCUT2D eigenvalue weighted by atomic mass is 32.2. The number of para-hydroxylation sites is 1. The summed E-state index contributed by atoms with van der Waals surface area (Å²) in [6, 6.07) is 4.15. The molecule has 144 valence electrons. The minimum Gasteiger partial charge on any atom is -0.444 e. The van der Waals surface area contributed by atoms with E-state index in [1.807, 2.05) is 0 Å². The number of sulfonamides is 1. The molecule has 0 bridgehead atoms. The molecule has 1 aromatic carbocycles. The number of rotatable bonds is 4. The highest BCUT2D eigenvalue weighted by molar-refractivity contribution is 7.89. The Balaban J connectivity index is 2.17. The van der Waals surface area contributed by atoms with Gasteiger partial charge in [0.2, 0.25) is 10.0 Å². The van der Waals surface area contributed by atoms with Gasteiger partial charge in [0.1, 0.15) is 5.60 Å². The number of benzene rings is 1. The standard InChI is InChI=1S/C16H23N3O6S/c1-11-12(9-10-18(11)15(20)25-16(2,3)4)17-26(23,24)14-8-6-5-7-13(14)19(21)22/h5-8,11-12,17H,9-10H2,1-4H3/t11-,12-/m0/s1. The van der Waals surface area contributed by atoms with Crippen LogP contribution in [0.5, 0.6) is 0 Å². The first-order chi connectivity index (χ1) is 11.9. The van der Waals surface area contributed by atoms with Gasteiger partial charge in [-0.05, 0) is 40.2 Å². The second-order valence-corrected chi connectivity index (χ2v) is 8.84. The van der Waals surface area contributed by atoms with E-state index in [0.29, 0.717) is 13.0 Å². The Morgan fingerprint density at radius 2 is 1.96 bits per heavy atom. The topological polar surface area (TPSA) is 119 Å². The number of carbonyl (C=O) groups is 1. The van der Waals surface area contributed by atoms with Crippen molar-refractivity contribution in [2.45, 2.75) is 56.7 Å². The number of hydrogen-bond donors (Lipinski definition) is 1. The van der Waals surface area contributed by atoms with Gasteiger partial charge in [-0.15, -0.1) is 0 Å². The van der Waals surface area contributed by atoms with Gasteiger partial charge in [-0.1, -0.05) is 12.1 Å². The Morgan fingerprint density at radius 3 is 2.54 bits per heavy atom. The number of nitrogens with one attached hydrogen (secondary N) is 1. The van der Waals surface area contributed by atoms with Crippen molar-refractivity contribution in [1.82, 2.24) is 9.62 Å². The predicted molar refractivity (Wildman–Crippen MR) is 94.2 cm³/mol. The van der Waals surface area contributed by atoms with Gasteiger partial charge < -0.3 is 9.64 Å². The van der Waals surface area contributed by atoms with Gasteiger partial charge in [0.15, 0.2) is 4.90 Å². The molecule has 2 atom stereocenters. The lowest BCUT2D eigenvalue weighted by Crippen LogP contribution is -2.46. The molecular weight excluding hydrogens is 362 g/mol. The van der Waals surface area contributed by atoms with Crippen LogP contribution in [0, 0.1) is 10.1 Å². The van der Waals surface area contributed by atoms with Crippen LogP contribution in [0.1, 0.15) is 34.1 Å². The zero-order chi connectivity index (χ0) is 19.7. The molecule has 9 nitrogen and oxygen atoms in total. The lowest BCUT2D eigenvalue weighted by atomic mass is 10.2. The van der Waals surface area contributed by atoms with Gasteiger partial charge in [-0.2, -0.15) is 0 Å². The first-order valence-corrected chi connectivity index (χ1v) is 9.66. The van der Waals surface area contributed by atoms with E-state index >= 15 is 0 Å². The first kappa shape index (κ1) is 20.1. The monoisotopic (exact) mass is 385 g/mol. The number of hydrogen-bond acceptors (Lipinski definition) is 6. The second kappa shape index (κ2) is 7.20. The minimum absolute atomic E-state index is 0.333.